The largest absolute Gasteiger partial charge is 0.399 e. The lowest BCUT2D eigenvalue weighted by atomic mass is 10.2. The maximum atomic E-state index is 13.3. The Bertz CT molecular complexity index is 482. The number of rotatable bonds is 5. The van der Waals surface area contributed by atoms with Gasteiger partial charge in [0.1, 0.15) is 5.69 Å². The van der Waals surface area contributed by atoms with Crippen LogP contribution in [-0.4, -0.2) is 27.8 Å². The molecule has 0 bridgehead atoms. The Morgan fingerprint density at radius 1 is 1.29 bits per heavy atom. The first kappa shape index (κ1) is 13.7. The number of hydrogen-bond acceptors (Lipinski definition) is 4. The fourth-order valence-electron chi connectivity index (χ4n) is 1.17. The van der Waals surface area contributed by atoms with Gasteiger partial charge in [-0.1, -0.05) is 0 Å². The summed E-state index contributed by atoms with van der Waals surface area (Å²) in [6.07, 6.45) is 0. The summed E-state index contributed by atoms with van der Waals surface area (Å²) < 4.78 is 50.7. The summed E-state index contributed by atoms with van der Waals surface area (Å²) in [6.45, 7) is -0.110. The van der Waals surface area contributed by atoms with Gasteiger partial charge in [0.25, 0.3) is 0 Å². The number of hydrogen-bond donors (Lipinski definition) is 3. The lowest BCUT2D eigenvalue weighted by molar-refractivity contribution is 0.583. The van der Waals surface area contributed by atoms with Gasteiger partial charge in [-0.25, -0.2) is 21.9 Å². The molecule has 0 aliphatic heterocycles. The monoisotopic (exact) mass is 265 g/mol. The zero-order chi connectivity index (χ0) is 13.1. The Balaban J connectivity index is 2.71. The molecule has 17 heavy (non-hydrogen) atoms. The van der Waals surface area contributed by atoms with E-state index in [0.717, 1.165) is 12.1 Å². The second-order valence-electron chi connectivity index (χ2n) is 3.31. The normalized spacial score (nSPS) is 11.5. The number of benzene rings is 1. The van der Waals surface area contributed by atoms with Crippen molar-refractivity contribution < 1.29 is 17.2 Å². The summed E-state index contributed by atoms with van der Waals surface area (Å²) >= 11 is 0. The summed E-state index contributed by atoms with van der Waals surface area (Å²) in [5.74, 6) is -2.00. The van der Waals surface area contributed by atoms with Crippen LogP contribution in [0.2, 0.25) is 0 Å². The Morgan fingerprint density at radius 2 is 1.82 bits per heavy atom. The van der Waals surface area contributed by atoms with Crippen LogP contribution in [0.15, 0.2) is 12.1 Å². The maximum Gasteiger partial charge on any atom is 0.213 e. The number of nitrogen functional groups attached to an aromatic ring is 1. The van der Waals surface area contributed by atoms with E-state index in [9.17, 15) is 17.2 Å². The van der Waals surface area contributed by atoms with E-state index >= 15 is 0 Å². The van der Waals surface area contributed by atoms with E-state index in [4.69, 9.17) is 5.73 Å². The summed E-state index contributed by atoms with van der Waals surface area (Å²) in [5, 5.41) is 2.37. The molecule has 0 saturated heterocycles. The first-order valence-electron chi connectivity index (χ1n) is 4.75. The van der Waals surface area contributed by atoms with Gasteiger partial charge in [0.15, 0.2) is 11.6 Å². The smallest absolute Gasteiger partial charge is 0.213 e. The van der Waals surface area contributed by atoms with Crippen LogP contribution in [0.3, 0.4) is 0 Å². The molecule has 0 spiro atoms. The lowest BCUT2D eigenvalue weighted by Crippen LogP contribution is -2.26. The third kappa shape index (κ3) is 3.82. The topological polar surface area (TPSA) is 84.2 Å². The quantitative estimate of drug-likeness (QED) is 0.677. The molecule has 0 amide bonds. The highest BCUT2D eigenvalue weighted by atomic mass is 32.2. The van der Waals surface area contributed by atoms with Crippen molar-refractivity contribution in [3.05, 3.63) is 23.8 Å². The molecular weight excluding hydrogens is 252 g/mol. The predicted octanol–water partition coefficient (Wildman–Crippen LogP) is 0.508. The second kappa shape index (κ2) is 5.28. The minimum absolute atomic E-state index is 0.0339. The third-order valence-corrected chi connectivity index (χ3v) is 3.41. The van der Waals surface area contributed by atoms with Crippen LogP contribution in [0.4, 0.5) is 20.2 Å². The molecule has 1 aromatic rings. The van der Waals surface area contributed by atoms with E-state index in [0.29, 0.717) is 0 Å². The van der Waals surface area contributed by atoms with E-state index in [1.165, 1.54) is 7.05 Å². The number of nitrogens with two attached hydrogens (primary N) is 1. The van der Waals surface area contributed by atoms with Gasteiger partial charge in [0.05, 0.1) is 5.75 Å². The molecule has 1 rings (SSSR count). The number of halogens is 2. The summed E-state index contributed by atoms with van der Waals surface area (Å²) in [7, 11) is -2.14. The first-order chi connectivity index (χ1) is 7.85. The third-order valence-electron chi connectivity index (χ3n) is 2.05. The molecule has 0 unspecified atom stereocenters. The minimum atomic E-state index is -3.41. The van der Waals surface area contributed by atoms with Gasteiger partial charge in [0, 0.05) is 12.2 Å². The lowest BCUT2D eigenvalue weighted by Gasteiger charge is -2.09. The van der Waals surface area contributed by atoms with Crippen LogP contribution in [-0.2, 0) is 10.0 Å². The first-order valence-corrected chi connectivity index (χ1v) is 6.40. The molecule has 5 nitrogen and oxygen atoms in total. The fourth-order valence-corrected chi connectivity index (χ4v) is 1.75. The highest BCUT2D eigenvalue weighted by molar-refractivity contribution is 7.89. The van der Waals surface area contributed by atoms with E-state index in [1.807, 2.05) is 0 Å². The van der Waals surface area contributed by atoms with Gasteiger partial charge in [0.2, 0.25) is 10.0 Å². The Labute approximate surface area is 98.1 Å². The van der Waals surface area contributed by atoms with Crippen molar-refractivity contribution in [2.45, 2.75) is 0 Å². The molecule has 0 atom stereocenters. The van der Waals surface area contributed by atoms with Crippen molar-refractivity contribution >= 4 is 21.4 Å². The Hall–Kier alpha value is -1.41. The molecule has 1 aromatic carbocycles. The predicted molar refractivity (Wildman–Crippen MR) is 62.1 cm³/mol. The maximum absolute atomic E-state index is 13.3. The molecule has 0 fully saturated rings. The molecule has 0 aromatic heterocycles. The molecule has 0 radical (unpaired) electrons. The van der Waals surface area contributed by atoms with Crippen molar-refractivity contribution in [1.29, 1.82) is 0 Å². The fraction of sp³-hybridized carbons (Fsp3) is 0.333. The summed E-state index contributed by atoms with van der Waals surface area (Å²) in [6, 6.07) is 1.91. The van der Waals surface area contributed by atoms with Crippen molar-refractivity contribution in [1.82, 2.24) is 4.72 Å². The van der Waals surface area contributed by atoms with Crippen LogP contribution in [0, 0.1) is 11.6 Å². The molecular formula is C9H13F2N3O2S. The zero-order valence-electron chi connectivity index (χ0n) is 9.13. The minimum Gasteiger partial charge on any atom is -0.399 e. The van der Waals surface area contributed by atoms with Gasteiger partial charge in [-0.3, -0.25) is 0 Å². The number of anilines is 2. The molecule has 0 aliphatic rings. The molecule has 0 heterocycles. The van der Waals surface area contributed by atoms with Crippen LogP contribution in [0.25, 0.3) is 0 Å². The van der Waals surface area contributed by atoms with Gasteiger partial charge in [-0.05, 0) is 19.2 Å². The van der Waals surface area contributed by atoms with E-state index < -0.39 is 21.7 Å². The van der Waals surface area contributed by atoms with Crippen molar-refractivity contribution in [2.75, 3.05) is 30.4 Å². The van der Waals surface area contributed by atoms with Crippen LogP contribution in [0.5, 0.6) is 0 Å². The number of nitrogens with one attached hydrogen (secondary N) is 2. The zero-order valence-corrected chi connectivity index (χ0v) is 9.94. The van der Waals surface area contributed by atoms with Gasteiger partial charge < -0.3 is 11.1 Å². The summed E-state index contributed by atoms with van der Waals surface area (Å²) in [5.41, 5.74) is 4.82. The van der Waals surface area contributed by atoms with Gasteiger partial charge in [-0.15, -0.1) is 0 Å². The Morgan fingerprint density at radius 3 is 2.29 bits per heavy atom. The van der Waals surface area contributed by atoms with Gasteiger partial charge >= 0.3 is 0 Å². The summed E-state index contributed by atoms with van der Waals surface area (Å²) in [4.78, 5) is 0. The van der Waals surface area contributed by atoms with Crippen molar-refractivity contribution in [3.63, 3.8) is 0 Å². The van der Waals surface area contributed by atoms with Crippen molar-refractivity contribution in [2.24, 2.45) is 0 Å². The van der Waals surface area contributed by atoms with Crippen LogP contribution in [0.1, 0.15) is 0 Å². The second-order valence-corrected chi connectivity index (χ2v) is 5.36. The molecule has 4 N–H and O–H groups in total. The number of sulfonamides is 1. The molecule has 96 valence electrons. The standard InChI is InChI=1S/C9H13F2N3O2S/c1-13-17(15,16)3-2-14-9-7(10)4-6(12)5-8(9)11/h4-5,13-14H,2-3,12H2,1H3. The highest BCUT2D eigenvalue weighted by Crippen LogP contribution is 2.21. The van der Waals surface area contributed by atoms with Crippen molar-refractivity contribution in [3.8, 4) is 0 Å². The SMILES string of the molecule is CNS(=O)(=O)CCNc1c(F)cc(N)cc1F. The highest BCUT2D eigenvalue weighted by Gasteiger charge is 2.11. The van der Waals surface area contributed by atoms with Crippen LogP contribution >= 0.6 is 0 Å². The average Bonchev–Trinajstić information content (AvgIpc) is 2.22. The van der Waals surface area contributed by atoms with E-state index in [-0.39, 0.29) is 23.7 Å². The average molecular weight is 265 g/mol. The Kier molecular flexibility index (Phi) is 4.24. The van der Waals surface area contributed by atoms with E-state index in [2.05, 4.69) is 10.0 Å². The molecule has 0 saturated carbocycles. The van der Waals surface area contributed by atoms with Gasteiger partial charge in [-0.2, -0.15) is 0 Å². The van der Waals surface area contributed by atoms with Crippen LogP contribution < -0.4 is 15.8 Å². The van der Waals surface area contributed by atoms with E-state index in [1.54, 1.807) is 0 Å². The molecule has 0 aliphatic carbocycles. The molecule has 8 heteroatoms.